The number of fused-ring (bicyclic) bond motifs is 1. The van der Waals surface area contributed by atoms with Crippen LogP contribution in [0.1, 0.15) is 43.2 Å². The summed E-state index contributed by atoms with van der Waals surface area (Å²) in [6.45, 7) is 3.15. The zero-order valence-corrected chi connectivity index (χ0v) is 11.0. The minimum atomic E-state index is 0.333. The highest BCUT2D eigenvalue weighted by Crippen LogP contribution is 2.46. The number of benzene rings is 1. The maximum Gasteiger partial charge on any atom is 0.125 e. The van der Waals surface area contributed by atoms with Crippen LogP contribution in [0.25, 0.3) is 0 Å². The molecule has 1 aliphatic carbocycles. The first-order valence-corrected chi connectivity index (χ1v) is 7.09. The van der Waals surface area contributed by atoms with Crippen molar-refractivity contribution in [2.45, 2.75) is 43.9 Å². The predicted molar refractivity (Wildman–Crippen MR) is 71.0 cm³/mol. The van der Waals surface area contributed by atoms with Gasteiger partial charge in [-0.25, -0.2) is 0 Å². The minimum Gasteiger partial charge on any atom is -0.493 e. The SMILES string of the molecule is CC1C(Cl)CCC1c1cccc2c1OCCC2. The summed E-state index contributed by atoms with van der Waals surface area (Å²) in [4.78, 5) is 0. The second-order valence-electron chi connectivity index (χ2n) is 5.35. The van der Waals surface area contributed by atoms with Crippen LogP contribution in [-0.2, 0) is 6.42 Å². The van der Waals surface area contributed by atoms with Gasteiger partial charge in [0.25, 0.3) is 0 Å². The van der Waals surface area contributed by atoms with Crippen molar-refractivity contribution in [1.29, 1.82) is 0 Å². The van der Waals surface area contributed by atoms with Gasteiger partial charge in [0.15, 0.2) is 0 Å². The molecule has 2 heteroatoms. The van der Waals surface area contributed by atoms with Crippen molar-refractivity contribution >= 4 is 11.6 Å². The quantitative estimate of drug-likeness (QED) is 0.681. The average Bonchev–Trinajstić information content (AvgIpc) is 2.69. The van der Waals surface area contributed by atoms with Gasteiger partial charge in [-0.1, -0.05) is 25.1 Å². The summed E-state index contributed by atoms with van der Waals surface area (Å²) >= 11 is 6.35. The van der Waals surface area contributed by atoms with Gasteiger partial charge in [0, 0.05) is 5.38 Å². The van der Waals surface area contributed by atoms with E-state index in [-0.39, 0.29) is 0 Å². The molecule has 92 valence electrons. The molecule has 2 aliphatic rings. The first-order valence-electron chi connectivity index (χ1n) is 6.66. The smallest absolute Gasteiger partial charge is 0.125 e. The van der Waals surface area contributed by atoms with Crippen LogP contribution in [0, 0.1) is 5.92 Å². The Hall–Kier alpha value is -0.690. The van der Waals surface area contributed by atoms with Gasteiger partial charge in [0.05, 0.1) is 6.61 Å². The first kappa shape index (κ1) is 11.4. The Bertz CT molecular complexity index is 415. The average molecular weight is 251 g/mol. The van der Waals surface area contributed by atoms with Gasteiger partial charge >= 0.3 is 0 Å². The van der Waals surface area contributed by atoms with Gasteiger partial charge in [0.1, 0.15) is 5.75 Å². The zero-order valence-electron chi connectivity index (χ0n) is 10.3. The normalized spacial score (nSPS) is 32.0. The standard InChI is InChI=1S/C15H19ClO/c1-10-12(7-8-14(10)16)13-6-2-4-11-5-3-9-17-15(11)13/h2,4,6,10,12,14H,3,5,7-9H2,1H3. The Balaban J connectivity index is 1.98. The van der Waals surface area contributed by atoms with E-state index >= 15 is 0 Å². The Morgan fingerprint density at radius 2 is 2.18 bits per heavy atom. The van der Waals surface area contributed by atoms with E-state index in [9.17, 15) is 0 Å². The van der Waals surface area contributed by atoms with E-state index in [2.05, 4.69) is 25.1 Å². The minimum absolute atomic E-state index is 0.333. The summed E-state index contributed by atoms with van der Waals surface area (Å²) in [6, 6.07) is 6.62. The highest BCUT2D eigenvalue weighted by Gasteiger charge is 2.34. The summed E-state index contributed by atoms with van der Waals surface area (Å²) in [6.07, 6.45) is 4.65. The largest absolute Gasteiger partial charge is 0.493 e. The molecule has 0 aromatic heterocycles. The molecule has 1 aromatic rings. The molecule has 0 radical (unpaired) electrons. The fraction of sp³-hybridized carbons (Fsp3) is 0.600. The molecule has 3 atom stereocenters. The molecular weight excluding hydrogens is 232 g/mol. The van der Waals surface area contributed by atoms with Crippen LogP contribution in [0.3, 0.4) is 0 Å². The van der Waals surface area contributed by atoms with Crippen LogP contribution in [0.15, 0.2) is 18.2 Å². The van der Waals surface area contributed by atoms with Crippen molar-refractivity contribution in [2.24, 2.45) is 5.92 Å². The lowest BCUT2D eigenvalue weighted by Gasteiger charge is -2.25. The number of rotatable bonds is 1. The third-order valence-electron chi connectivity index (χ3n) is 4.32. The lowest BCUT2D eigenvalue weighted by Crippen LogP contribution is -2.15. The molecule has 1 fully saturated rings. The highest BCUT2D eigenvalue weighted by molar-refractivity contribution is 6.21. The van der Waals surface area contributed by atoms with Crippen molar-refractivity contribution in [3.63, 3.8) is 0 Å². The monoisotopic (exact) mass is 250 g/mol. The molecule has 1 nitrogen and oxygen atoms in total. The Morgan fingerprint density at radius 1 is 1.29 bits per heavy atom. The van der Waals surface area contributed by atoms with Gasteiger partial charge in [-0.15, -0.1) is 11.6 Å². The Morgan fingerprint density at radius 3 is 2.94 bits per heavy atom. The van der Waals surface area contributed by atoms with Gasteiger partial charge in [-0.2, -0.15) is 0 Å². The molecule has 3 rings (SSSR count). The van der Waals surface area contributed by atoms with E-state index in [1.54, 1.807) is 0 Å². The molecule has 1 saturated carbocycles. The first-order chi connectivity index (χ1) is 8.27. The molecule has 0 bridgehead atoms. The summed E-state index contributed by atoms with van der Waals surface area (Å²) < 4.78 is 5.91. The molecule has 0 amide bonds. The number of aryl methyl sites for hydroxylation is 1. The van der Waals surface area contributed by atoms with E-state index in [1.807, 2.05) is 0 Å². The van der Waals surface area contributed by atoms with Crippen LogP contribution in [0.4, 0.5) is 0 Å². The molecule has 0 saturated heterocycles. The number of para-hydroxylation sites is 1. The van der Waals surface area contributed by atoms with E-state index in [0.717, 1.165) is 25.9 Å². The number of ether oxygens (including phenoxy) is 1. The molecule has 1 aliphatic heterocycles. The molecule has 0 N–H and O–H groups in total. The topological polar surface area (TPSA) is 9.23 Å². The van der Waals surface area contributed by atoms with Crippen LogP contribution < -0.4 is 4.74 Å². The fourth-order valence-corrected chi connectivity index (χ4v) is 3.56. The lowest BCUT2D eigenvalue weighted by molar-refractivity contribution is 0.281. The van der Waals surface area contributed by atoms with Crippen LogP contribution in [-0.4, -0.2) is 12.0 Å². The third-order valence-corrected chi connectivity index (χ3v) is 4.94. The van der Waals surface area contributed by atoms with E-state index in [4.69, 9.17) is 16.3 Å². The zero-order chi connectivity index (χ0) is 11.8. The van der Waals surface area contributed by atoms with Gasteiger partial charge < -0.3 is 4.74 Å². The van der Waals surface area contributed by atoms with Crippen LogP contribution >= 0.6 is 11.6 Å². The molecule has 1 heterocycles. The summed E-state index contributed by atoms with van der Waals surface area (Å²) in [5.74, 6) is 2.32. The second kappa shape index (κ2) is 4.53. The highest BCUT2D eigenvalue weighted by atomic mass is 35.5. The van der Waals surface area contributed by atoms with Gasteiger partial charge in [0.2, 0.25) is 0 Å². The molecule has 0 spiro atoms. The summed E-state index contributed by atoms with van der Waals surface area (Å²) in [5, 5.41) is 0.333. The fourth-order valence-electron chi connectivity index (χ4n) is 3.26. The Kier molecular flexibility index (Phi) is 3.04. The molecule has 1 aromatic carbocycles. The van der Waals surface area contributed by atoms with Gasteiger partial charge in [-0.3, -0.25) is 0 Å². The van der Waals surface area contributed by atoms with Crippen molar-refractivity contribution < 1.29 is 4.74 Å². The van der Waals surface area contributed by atoms with Crippen molar-refractivity contribution in [2.75, 3.05) is 6.61 Å². The number of halogens is 1. The number of alkyl halides is 1. The predicted octanol–water partition coefficient (Wildman–Crippen LogP) is 4.13. The number of hydrogen-bond acceptors (Lipinski definition) is 1. The Labute approximate surface area is 108 Å². The van der Waals surface area contributed by atoms with Crippen LogP contribution in [0.5, 0.6) is 5.75 Å². The van der Waals surface area contributed by atoms with Crippen molar-refractivity contribution in [3.8, 4) is 5.75 Å². The maximum absolute atomic E-state index is 6.35. The third kappa shape index (κ3) is 1.95. The van der Waals surface area contributed by atoms with Crippen molar-refractivity contribution in [1.82, 2.24) is 0 Å². The van der Waals surface area contributed by atoms with Gasteiger partial charge in [-0.05, 0) is 48.6 Å². The summed E-state index contributed by atoms with van der Waals surface area (Å²) in [5.41, 5.74) is 2.79. The van der Waals surface area contributed by atoms with E-state index in [0.29, 0.717) is 17.2 Å². The van der Waals surface area contributed by atoms with E-state index < -0.39 is 0 Å². The number of hydrogen-bond donors (Lipinski definition) is 0. The summed E-state index contributed by atoms with van der Waals surface area (Å²) in [7, 11) is 0. The van der Waals surface area contributed by atoms with Crippen molar-refractivity contribution in [3.05, 3.63) is 29.3 Å². The lowest BCUT2D eigenvalue weighted by atomic mass is 9.87. The molecule has 3 unspecified atom stereocenters. The molecule has 17 heavy (non-hydrogen) atoms. The van der Waals surface area contributed by atoms with Crippen LogP contribution in [0.2, 0.25) is 0 Å². The molecular formula is C15H19ClO. The van der Waals surface area contributed by atoms with E-state index in [1.165, 1.54) is 23.3 Å². The maximum atomic E-state index is 6.35. The second-order valence-corrected chi connectivity index (χ2v) is 5.91.